The van der Waals surface area contributed by atoms with E-state index in [1.807, 2.05) is 28.0 Å². The summed E-state index contributed by atoms with van der Waals surface area (Å²) in [6.07, 6.45) is 0.933. The third-order valence-corrected chi connectivity index (χ3v) is 5.48. The van der Waals surface area contributed by atoms with Gasteiger partial charge in [-0.15, -0.1) is 0 Å². The van der Waals surface area contributed by atoms with Gasteiger partial charge in [-0.25, -0.2) is 4.98 Å². The van der Waals surface area contributed by atoms with Gasteiger partial charge in [0.1, 0.15) is 11.6 Å². The van der Waals surface area contributed by atoms with E-state index in [1.54, 1.807) is 0 Å². The number of carbonyl (C=O) groups excluding carboxylic acids is 1. The predicted octanol–water partition coefficient (Wildman–Crippen LogP) is 1.76. The molecule has 2 aromatic rings. The van der Waals surface area contributed by atoms with Gasteiger partial charge in [-0.3, -0.25) is 9.59 Å². The Labute approximate surface area is 164 Å². The van der Waals surface area contributed by atoms with Crippen LogP contribution in [0.25, 0.3) is 0 Å². The molecule has 0 bridgehead atoms. The molecule has 0 aliphatic carbocycles. The number of nitrogens with zero attached hydrogens (tertiary/aromatic N) is 3. The Kier molecular flexibility index (Phi) is 5.17. The molecule has 3 heterocycles. The lowest BCUT2D eigenvalue weighted by Gasteiger charge is -2.29. The zero-order valence-electron chi connectivity index (χ0n) is 16.4. The Morgan fingerprint density at radius 2 is 2.04 bits per heavy atom. The lowest BCUT2D eigenvalue weighted by molar-refractivity contribution is -0.118. The van der Waals surface area contributed by atoms with Gasteiger partial charge in [0.05, 0.1) is 19.6 Å². The van der Waals surface area contributed by atoms with Crippen molar-refractivity contribution >= 4 is 17.4 Å². The summed E-state index contributed by atoms with van der Waals surface area (Å²) in [5.41, 5.74) is 1.93. The van der Waals surface area contributed by atoms with E-state index in [9.17, 15) is 9.59 Å². The van der Waals surface area contributed by atoms with Crippen molar-refractivity contribution in [2.45, 2.75) is 32.7 Å². The third-order valence-electron chi connectivity index (χ3n) is 5.48. The van der Waals surface area contributed by atoms with E-state index in [1.165, 1.54) is 11.6 Å². The van der Waals surface area contributed by atoms with Crippen molar-refractivity contribution in [2.24, 2.45) is 5.92 Å². The molecule has 7 heteroatoms. The molecule has 0 unspecified atom stereocenters. The maximum Gasteiger partial charge on any atom is 0.252 e. The minimum atomic E-state index is -0.235. The molecule has 0 radical (unpaired) electrons. The summed E-state index contributed by atoms with van der Waals surface area (Å²) in [6, 6.07) is 9.66. The van der Waals surface area contributed by atoms with Gasteiger partial charge in [-0.1, -0.05) is 32.0 Å². The summed E-state index contributed by atoms with van der Waals surface area (Å²) in [5, 5.41) is 0. The first-order valence-corrected chi connectivity index (χ1v) is 9.86. The van der Waals surface area contributed by atoms with Gasteiger partial charge in [0, 0.05) is 30.9 Å². The molecular formula is C21H26N4O3. The monoisotopic (exact) mass is 382 g/mol. The standard InChI is InChI=1S/C21H26N4O3/c1-14(2)17-11-15-5-3-4-6-16(15)25(17)21(27)12-18-22-19(13-20(26)23-18)24-7-9-28-10-8-24/h3-6,13-14,17H,7-12H2,1-2H3,(H,22,23,26)/t17-/m1/s1. The average molecular weight is 382 g/mol. The van der Waals surface area contributed by atoms with Crippen LogP contribution in [0, 0.1) is 5.92 Å². The molecule has 7 nitrogen and oxygen atoms in total. The second kappa shape index (κ2) is 7.75. The van der Waals surface area contributed by atoms with E-state index in [0.29, 0.717) is 43.9 Å². The van der Waals surface area contributed by atoms with Gasteiger partial charge < -0.3 is 19.5 Å². The lowest BCUT2D eigenvalue weighted by atomic mass is 10.00. The number of hydrogen-bond acceptors (Lipinski definition) is 5. The van der Waals surface area contributed by atoms with Crippen molar-refractivity contribution in [2.75, 3.05) is 36.1 Å². The fraction of sp³-hybridized carbons (Fsp3) is 0.476. The first-order chi connectivity index (χ1) is 13.5. The molecular weight excluding hydrogens is 356 g/mol. The number of para-hydroxylation sites is 1. The smallest absolute Gasteiger partial charge is 0.252 e. The van der Waals surface area contributed by atoms with Crippen LogP contribution in [0.4, 0.5) is 11.5 Å². The van der Waals surface area contributed by atoms with Gasteiger partial charge in [0.2, 0.25) is 5.91 Å². The molecule has 1 saturated heterocycles. The Balaban J connectivity index is 1.59. The molecule has 1 fully saturated rings. The highest BCUT2D eigenvalue weighted by Crippen LogP contribution is 2.35. The quantitative estimate of drug-likeness (QED) is 0.872. The molecule has 2 aliphatic heterocycles. The number of nitrogens with one attached hydrogen (secondary N) is 1. The summed E-state index contributed by atoms with van der Waals surface area (Å²) in [6.45, 7) is 6.89. The summed E-state index contributed by atoms with van der Waals surface area (Å²) in [5.74, 6) is 1.32. The number of benzene rings is 1. The normalized spacial score (nSPS) is 19.2. The molecule has 0 spiro atoms. The molecule has 1 aromatic heterocycles. The Hall–Kier alpha value is -2.67. The molecule has 2 aliphatic rings. The fourth-order valence-electron chi connectivity index (χ4n) is 4.03. The van der Waals surface area contributed by atoms with E-state index in [2.05, 4.69) is 29.9 Å². The molecule has 148 valence electrons. The fourth-order valence-corrected chi connectivity index (χ4v) is 4.03. The van der Waals surface area contributed by atoms with Gasteiger partial charge in [0.25, 0.3) is 5.56 Å². The number of carbonyl (C=O) groups is 1. The van der Waals surface area contributed by atoms with Crippen LogP contribution >= 0.6 is 0 Å². The molecule has 1 atom stereocenters. The first-order valence-electron chi connectivity index (χ1n) is 9.86. The number of morpholine rings is 1. The molecule has 1 aromatic carbocycles. The number of anilines is 2. The van der Waals surface area contributed by atoms with Crippen LogP contribution in [0.5, 0.6) is 0 Å². The van der Waals surface area contributed by atoms with Gasteiger partial charge >= 0.3 is 0 Å². The number of ether oxygens (including phenoxy) is 1. The largest absolute Gasteiger partial charge is 0.378 e. The number of aromatic nitrogens is 2. The van der Waals surface area contributed by atoms with E-state index in [-0.39, 0.29) is 23.9 Å². The van der Waals surface area contributed by atoms with E-state index in [4.69, 9.17) is 4.74 Å². The highest BCUT2D eigenvalue weighted by molar-refractivity contribution is 5.97. The first kappa shape index (κ1) is 18.7. The zero-order valence-corrected chi connectivity index (χ0v) is 16.4. The minimum Gasteiger partial charge on any atom is -0.378 e. The highest BCUT2D eigenvalue weighted by Gasteiger charge is 2.35. The van der Waals surface area contributed by atoms with Crippen LogP contribution < -0.4 is 15.4 Å². The van der Waals surface area contributed by atoms with Crippen molar-refractivity contribution in [1.29, 1.82) is 0 Å². The number of amides is 1. The van der Waals surface area contributed by atoms with Crippen LogP contribution in [-0.2, 0) is 22.4 Å². The van der Waals surface area contributed by atoms with E-state index >= 15 is 0 Å². The molecule has 1 N–H and O–H groups in total. The van der Waals surface area contributed by atoms with Crippen LogP contribution in [0.15, 0.2) is 35.1 Å². The zero-order chi connectivity index (χ0) is 19.7. The number of H-pyrrole nitrogens is 1. The summed E-state index contributed by atoms with van der Waals surface area (Å²) < 4.78 is 5.37. The van der Waals surface area contributed by atoms with Gasteiger partial charge in [-0.2, -0.15) is 0 Å². The molecule has 0 saturated carbocycles. The van der Waals surface area contributed by atoms with Crippen LogP contribution in [-0.4, -0.2) is 48.2 Å². The topological polar surface area (TPSA) is 78.5 Å². The molecule has 1 amide bonds. The highest BCUT2D eigenvalue weighted by atomic mass is 16.5. The molecule has 4 rings (SSSR count). The number of fused-ring (bicyclic) bond motifs is 1. The Bertz CT molecular complexity index is 918. The lowest BCUT2D eigenvalue weighted by Crippen LogP contribution is -2.42. The second-order valence-electron chi connectivity index (χ2n) is 7.73. The number of rotatable bonds is 4. The third kappa shape index (κ3) is 3.67. The Morgan fingerprint density at radius 3 is 2.79 bits per heavy atom. The maximum absolute atomic E-state index is 13.2. The van der Waals surface area contributed by atoms with E-state index in [0.717, 1.165) is 12.1 Å². The summed E-state index contributed by atoms with van der Waals surface area (Å²) in [4.78, 5) is 36.6. The summed E-state index contributed by atoms with van der Waals surface area (Å²) >= 11 is 0. The van der Waals surface area contributed by atoms with Crippen molar-refractivity contribution in [1.82, 2.24) is 9.97 Å². The van der Waals surface area contributed by atoms with Crippen LogP contribution in [0.2, 0.25) is 0 Å². The SMILES string of the molecule is CC(C)[C@H]1Cc2ccccc2N1C(=O)Cc1nc(N2CCOCC2)cc(=O)[nH]1. The minimum absolute atomic E-state index is 0.0362. The van der Waals surface area contributed by atoms with Crippen LogP contribution in [0.1, 0.15) is 25.2 Å². The van der Waals surface area contributed by atoms with Crippen LogP contribution in [0.3, 0.4) is 0 Å². The average Bonchev–Trinajstić information content (AvgIpc) is 3.08. The van der Waals surface area contributed by atoms with E-state index < -0.39 is 0 Å². The predicted molar refractivity (Wildman–Crippen MR) is 108 cm³/mol. The van der Waals surface area contributed by atoms with Crippen molar-refractivity contribution < 1.29 is 9.53 Å². The van der Waals surface area contributed by atoms with Crippen molar-refractivity contribution in [3.63, 3.8) is 0 Å². The second-order valence-corrected chi connectivity index (χ2v) is 7.73. The van der Waals surface area contributed by atoms with Gasteiger partial charge in [0.15, 0.2) is 0 Å². The van der Waals surface area contributed by atoms with Crippen molar-refractivity contribution in [3.8, 4) is 0 Å². The molecule has 28 heavy (non-hydrogen) atoms. The van der Waals surface area contributed by atoms with Gasteiger partial charge in [-0.05, 0) is 24.0 Å². The number of aromatic amines is 1. The Morgan fingerprint density at radius 1 is 1.29 bits per heavy atom. The summed E-state index contributed by atoms with van der Waals surface area (Å²) in [7, 11) is 0. The van der Waals surface area contributed by atoms with Crippen molar-refractivity contribution in [3.05, 3.63) is 52.1 Å². The maximum atomic E-state index is 13.2. The number of hydrogen-bond donors (Lipinski definition) is 1.